The zero-order chi connectivity index (χ0) is 14.3. The molecule has 3 heteroatoms. The Balaban J connectivity index is 1.67. The Labute approximate surface area is 121 Å². The minimum Gasteiger partial charge on any atom is -0.497 e. The van der Waals surface area contributed by atoms with E-state index in [9.17, 15) is 0 Å². The van der Waals surface area contributed by atoms with Crippen LogP contribution in [-0.2, 0) is 4.74 Å². The fourth-order valence-corrected chi connectivity index (χ4v) is 3.92. The lowest BCUT2D eigenvalue weighted by molar-refractivity contribution is -0.115. The lowest BCUT2D eigenvalue weighted by Crippen LogP contribution is -2.66. The van der Waals surface area contributed by atoms with E-state index in [0.29, 0.717) is 24.1 Å². The first-order chi connectivity index (χ1) is 9.54. The number of ether oxygens (including phenoxy) is 2. The summed E-state index contributed by atoms with van der Waals surface area (Å²) in [5.74, 6) is 1.60. The maximum absolute atomic E-state index is 5.86. The molecule has 0 amide bonds. The average Bonchev–Trinajstić information content (AvgIpc) is 2.91. The normalized spacial score (nSPS) is 32.3. The Morgan fingerprint density at radius 3 is 2.65 bits per heavy atom. The number of hydrogen-bond donors (Lipinski definition) is 1. The lowest BCUT2D eigenvalue weighted by atomic mass is 9.57. The quantitative estimate of drug-likeness (QED) is 0.915. The third-order valence-electron chi connectivity index (χ3n) is 5.15. The van der Waals surface area contributed by atoms with Gasteiger partial charge in [0.1, 0.15) is 5.75 Å². The van der Waals surface area contributed by atoms with Crippen LogP contribution >= 0.6 is 0 Å². The summed E-state index contributed by atoms with van der Waals surface area (Å²) in [4.78, 5) is 0. The van der Waals surface area contributed by atoms with Crippen molar-refractivity contribution in [3.05, 3.63) is 29.8 Å². The molecule has 1 saturated carbocycles. The highest BCUT2D eigenvalue weighted by Gasteiger charge is 2.59. The molecule has 0 spiro atoms. The molecule has 4 unspecified atom stereocenters. The maximum Gasteiger partial charge on any atom is 0.118 e. The van der Waals surface area contributed by atoms with Crippen LogP contribution in [0.1, 0.15) is 38.8 Å². The van der Waals surface area contributed by atoms with Gasteiger partial charge in [-0.15, -0.1) is 0 Å². The predicted molar refractivity (Wildman–Crippen MR) is 80.0 cm³/mol. The molecule has 3 nitrogen and oxygen atoms in total. The topological polar surface area (TPSA) is 30.5 Å². The fraction of sp³-hybridized carbons (Fsp3) is 0.647. The molecule has 3 rings (SSSR count). The second-order valence-corrected chi connectivity index (χ2v) is 6.70. The molecular formula is C17H25NO2. The molecule has 2 fully saturated rings. The summed E-state index contributed by atoms with van der Waals surface area (Å²) in [5.41, 5.74) is 1.55. The first-order valence-electron chi connectivity index (χ1n) is 7.55. The SMILES string of the molecule is COc1ccc(C(C)NC2C3CCOC3C2(C)C)cc1. The fourth-order valence-electron chi connectivity index (χ4n) is 3.92. The van der Waals surface area contributed by atoms with Gasteiger partial charge in [-0.1, -0.05) is 26.0 Å². The molecule has 1 aromatic carbocycles. The molecule has 1 aliphatic carbocycles. The molecule has 0 aromatic heterocycles. The molecule has 0 radical (unpaired) electrons. The summed E-state index contributed by atoms with van der Waals surface area (Å²) in [7, 11) is 1.70. The summed E-state index contributed by atoms with van der Waals surface area (Å²) < 4.78 is 11.1. The molecular weight excluding hydrogens is 250 g/mol. The highest BCUT2D eigenvalue weighted by molar-refractivity contribution is 5.29. The number of rotatable bonds is 4. The standard InChI is InChI=1S/C17H25NO2/c1-11(12-5-7-13(19-4)8-6-12)18-15-14-9-10-20-16(14)17(15,2)3/h5-8,11,14-16,18H,9-10H2,1-4H3. The number of methoxy groups -OCH3 is 1. The average molecular weight is 275 g/mol. The van der Waals surface area contributed by atoms with Crippen LogP contribution in [0.5, 0.6) is 5.75 Å². The smallest absolute Gasteiger partial charge is 0.118 e. The molecule has 2 aliphatic rings. The largest absolute Gasteiger partial charge is 0.497 e. The molecule has 1 aromatic rings. The van der Waals surface area contributed by atoms with Gasteiger partial charge in [0.15, 0.2) is 0 Å². The van der Waals surface area contributed by atoms with Crippen LogP contribution in [-0.4, -0.2) is 25.9 Å². The monoisotopic (exact) mass is 275 g/mol. The van der Waals surface area contributed by atoms with Gasteiger partial charge in [0, 0.05) is 30.0 Å². The van der Waals surface area contributed by atoms with Gasteiger partial charge in [-0.3, -0.25) is 0 Å². The van der Waals surface area contributed by atoms with Gasteiger partial charge in [-0.2, -0.15) is 0 Å². The van der Waals surface area contributed by atoms with E-state index in [0.717, 1.165) is 12.4 Å². The maximum atomic E-state index is 5.86. The summed E-state index contributed by atoms with van der Waals surface area (Å²) in [5, 5.41) is 3.81. The van der Waals surface area contributed by atoms with Crippen molar-refractivity contribution in [3.8, 4) is 5.75 Å². The van der Waals surface area contributed by atoms with Crippen molar-refractivity contribution in [2.24, 2.45) is 11.3 Å². The number of benzene rings is 1. The van der Waals surface area contributed by atoms with Gasteiger partial charge >= 0.3 is 0 Å². The highest BCUT2D eigenvalue weighted by Crippen LogP contribution is 2.52. The van der Waals surface area contributed by atoms with Crippen molar-refractivity contribution in [3.63, 3.8) is 0 Å². The zero-order valence-electron chi connectivity index (χ0n) is 12.8. The predicted octanol–water partition coefficient (Wildman–Crippen LogP) is 3.16. The van der Waals surface area contributed by atoms with Crippen LogP contribution in [0.4, 0.5) is 0 Å². The van der Waals surface area contributed by atoms with Gasteiger partial charge < -0.3 is 14.8 Å². The Morgan fingerprint density at radius 2 is 2.00 bits per heavy atom. The Morgan fingerprint density at radius 1 is 1.30 bits per heavy atom. The van der Waals surface area contributed by atoms with Crippen molar-refractivity contribution in [2.75, 3.05) is 13.7 Å². The number of hydrogen-bond acceptors (Lipinski definition) is 3. The van der Waals surface area contributed by atoms with Gasteiger partial charge in [0.2, 0.25) is 0 Å². The van der Waals surface area contributed by atoms with E-state index in [1.165, 1.54) is 12.0 Å². The van der Waals surface area contributed by atoms with E-state index in [4.69, 9.17) is 9.47 Å². The van der Waals surface area contributed by atoms with Crippen molar-refractivity contribution in [1.29, 1.82) is 0 Å². The summed E-state index contributed by atoms with van der Waals surface area (Å²) in [6, 6.07) is 9.25. The van der Waals surface area contributed by atoms with E-state index in [1.807, 2.05) is 12.1 Å². The van der Waals surface area contributed by atoms with Crippen LogP contribution < -0.4 is 10.1 Å². The number of fused-ring (bicyclic) bond motifs is 1. The molecule has 0 bridgehead atoms. The Hall–Kier alpha value is -1.06. The van der Waals surface area contributed by atoms with Crippen LogP contribution in [0.25, 0.3) is 0 Å². The molecule has 1 saturated heterocycles. The van der Waals surface area contributed by atoms with Gasteiger partial charge in [-0.05, 0) is 31.0 Å². The van der Waals surface area contributed by atoms with E-state index in [2.05, 4.69) is 38.2 Å². The molecule has 1 heterocycles. The minimum atomic E-state index is 0.238. The van der Waals surface area contributed by atoms with E-state index in [1.54, 1.807) is 7.11 Å². The molecule has 1 aliphatic heterocycles. The summed E-state index contributed by atoms with van der Waals surface area (Å²) >= 11 is 0. The molecule has 4 atom stereocenters. The van der Waals surface area contributed by atoms with Crippen molar-refractivity contribution < 1.29 is 9.47 Å². The molecule has 110 valence electrons. The molecule has 20 heavy (non-hydrogen) atoms. The highest BCUT2D eigenvalue weighted by atomic mass is 16.5. The van der Waals surface area contributed by atoms with E-state index in [-0.39, 0.29) is 5.41 Å². The Kier molecular flexibility index (Phi) is 3.51. The lowest BCUT2D eigenvalue weighted by Gasteiger charge is -2.55. The number of nitrogens with one attached hydrogen (secondary N) is 1. The van der Waals surface area contributed by atoms with E-state index >= 15 is 0 Å². The van der Waals surface area contributed by atoms with Crippen molar-refractivity contribution in [2.45, 2.75) is 45.4 Å². The van der Waals surface area contributed by atoms with Crippen LogP contribution in [0.2, 0.25) is 0 Å². The minimum absolute atomic E-state index is 0.238. The van der Waals surface area contributed by atoms with Crippen LogP contribution in [0.15, 0.2) is 24.3 Å². The van der Waals surface area contributed by atoms with Gasteiger partial charge in [0.05, 0.1) is 13.2 Å². The first-order valence-corrected chi connectivity index (χ1v) is 7.55. The second kappa shape index (κ2) is 5.05. The van der Waals surface area contributed by atoms with Crippen LogP contribution in [0, 0.1) is 11.3 Å². The molecule has 1 N–H and O–H groups in total. The van der Waals surface area contributed by atoms with Gasteiger partial charge in [-0.25, -0.2) is 0 Å². The van der Waals surface area contributed by atoms with Crippen LogP contribution in [0.3, 0.4) is 0 Å². The third-order valence-corrected chi connectivity index (χ3v) is 5.15. The van der Waals surface area contributed by atoms with E-state index < -0.39 is 0 Å². The summed E-state index contributed by atoms with van der Waals surface area (Å²) in [6.07, 6.45) is 1.64. The second-order valence-electron chi connectivity index (χ2n) is 6.70. The summed E-state index contributed by atoms with van der Waals surface area (Å²) in [6.45, 7) is 7.80. The third kappa shape index (κ3) is 2.13. The Bertz CT molecular complexity index is 468. The van der Waals surface area contributed by atoms with Crippen molar-refractivity contribution >= 4 is 0 Å². The first kappa shape index (κ1) is 13.9. The zero-order valence-corrected chi connectivity index (χ0v) is 12.8. The van der Waals surface area contributed by atoms with Crippen molar-refractivity contribution in [1.82, 2.24) is 5.32 Å². The van der Waals surface area contributed by atoms with Gasteiger partial charge in [0.25, 0.3) is 0 Å².